The van der Waals surface area contributed by atoms with Crippen LogP contribution in [0.5, 0.6) is 0 Å². The number of alkyl halides is 1. The summed E-state index contributed by atoms with van der Waals surface area (Å²) >= 11 is 0. The van der Waals surface area contributed by atoms with Crippen molar-refractivity contribution < 1.29 is 19.0 Å². The highest BCUT2D eigenvalue weighted by molar-refractivity contribution is 5.76. The molecule has 0 rings (SSSR count). The fraction of sp³-hybridized carbons (Fsp3) is 0.750. The van der Waals surface area contributed by atoms with Gasteiger partial charge in [-0.3, -0.25) is 0 Å². The van der Waals surface area contributed by atoms with Gasteiger partial charge in [0.05, 0.1) is 7.11 Å². The smallest absolute Gasteiger partial charge is 0.371 e. The van der Waals surface area contributed by atoms with E-state index in [1.165, 1.54) is 0 Å². The average Bonchev–Trinajstić information content (AvgIpc) is 1.62. The summed E-state index contributed by atoms with van der Waals surface area (Å²) in [6, 6.07) is 0. The van der Waals surface area contributed by atoms with Crippen LogP contribution in [0.15, 0.2) is 0 Å². The SMILES string of the molecule is COC(=O)C(C)(O)F. The monoisotopic (exact) mass is 122 g/mol. The van der Waals surface area contributed by atoms with Gasteiger partial charge in [0.25, 0.3) is 0 Å². The molecule has 1 N–H and O–H groups in total. The van der Waals surface area contributed by atoms with Gasteiger partial charge < -0.3 is 9.84 Å². The number of aliphatic hydroxyl groups is 1. The van der Waals surface area contributed by atoms with Gasteiger partial charge in [-0.1, -0.05) is 0 Å². The first-order valence-corrected chi connectivity index (χ1v) is 1.98. The number of ether oxygens (including phenoxy) is 1. The second-order valence-electron chi connectivity index (χ2n) is 1.44. The van der Waals surface area contributed by atoms with Crippen LogP contribution in [0.1, 0.15) is 6.92 Å². The topological polar surface area (TPSA) is 46.5 Å². The van der Waals surface area contributed by atoms with Crippen molar-refractivity contribution in [2.75, 3.05) is 7.11 Å². The standard InChI is InChI=1S/C4H7FO3/c1-4(5,7)3(6)8-2/h7H,1-2H3. The minimum atomic E-state index is -2.85. The number of carbonyl (C=O) groups excluding carboxylic acids is 1. The van der Waals surface area contributed by atoms with E-state index in [9.17, 15) is 9.18 Å². The van der Waals surface area contributed by atoms with Crippen LogP contribution >= 0.6 is 0 Å². The number of hydrogen-bond acceptors (Lipinski definition) is 3. The Morgan fingerprint density at radius 3 is 2.25 bits per heavy atom. The lowest BCUT2D eigenvalue weighted by Gasteiger charge is -2.07. The fourth-order valence-corrected chi connectivity index (χ4v) is 0.186. The molecule has 0 aromatic carbocycles. The van der Waals surface area contributed by atoms with Crippen LogP contribution in [0.3, 0.4) is 0 Å². The largest absolute Gasteiger partial charge is 0.465 e. The first kappa shape index (κ1) is 7.36. The van der Waals surface area contributed by atoms with Crippen molar-refractivity contribution in [3.05, 3.63) is 0 Å². The summed E-state index contributed by atoms with van der Waals surface area (Å²) in [6.07, 6.45) is 0. The van der Waals surface area contributed by atoms with Gasteiger partial charge >= 0.3 is 11.8 Å². The zero-order valence-corrected chi connectivity index (χ0v) is 4.64. The Balaban J connectivity index is 3.82. The summed E-state index contributed by atoms with van der Waals surface area (Å²) in [5.74, 6) is -4.13. The second kappa shape index (κ2) is 2.09. The van der Waals surface area contributed by atoms with E-state index in [0.717, 1.165) is 7.11 Å². The van der Waals surface area contributed by atoms with E-state index >= 15 is 0 Å². The molecule has 1 atom stereocenters. The molecule has 0 amide bonds. The molecule has 0 saturated carbocycles. The fourth-order valence-electron chi connectivity index (χ4n) is 0.186. The highest BCUT2D eigenvalue weighted by atomic mass is 19.2. The van der Waals surface area contributed by atoms with E-state index in [2.05, 4.69) is 4.74 Å². The van der Waals surface area contributed by atoms with Crippen molar-refractivity contribution in [2.24, 2.45) is 0 Å². The molecule has 0 heterocycles. The minimum absolute atomic E-state index is 0.707. The predicted molar refractivity (Wildman–Crippen MR) is 23.7 cm³/mol. The average molecular weight is 122 g/mol. The molecule has 0 aromatic rings. The summed E-state index contributed by atoms with van der Waals surface area (Å²) in [5, 5.41) is 8.14. The van der Waals surface area contributed by atoms with E-state index in [1.807, 2.05) is 0 Å². The Labute approximate surface area is 46.1 Å². The Morgan fingerprint density at radius 2 is 2.25 bits per heavy atom. The Morgan fingerprint density at radius 1 is 1.88 bits per heavy atom. The zero-order valence-electron chi connectivity index (χ0n) is 4.64. The molecule has 48 valence electrons. The predicted octanol–water partition coefficient (Wildman–Crippen LogP) is -0.163. The maximum atomic E-state index is 11.9. The van der Waals surface area contributed by atoms with E-state index in [4.69, 9.17) is 5.11 Å². The molecule has 4 heteroatoms. The van der Waals surface area contributed by atoms with Crippen molar-refractivity contribution in [1.82, 2.24) is 0 Å². The van der Waals surface area contributed by atoms with Gasteiger partial charge in [0.1, 0.15) is 0 Å². The van der Waals surface area contributed by atoms with Crippen molar-refractivity contribution in [3.8, 4) is 0 Å². The van der Waals surface area contributed by atoms with Gasteiger partial charge in [-0.2, -0.15) is 4.39 Å². The third kappa shape index (κ3) is 1.88. The molecular formula is C4H7FO3. The van der Waals surface area contributed by atoms with Crippen LogP contribution in [-0.2, 0) is 9.53 Å². The number of esters is 1. The van der Waals surface area contributed by atoms with Gasteiger partial charge in [0.15, 0.2) is 0 Å². The molecule has 0 aromatic heterocycles. The number of halogens is 1. The first-order valence-electron chi connectivity index (χ1n) is 1.98. The van der Waals surface area contributed by atoms with Gasteiger partial charge in [-0.05, 0) is 0 Å². The molecule has 0 aliphatic rings. The highest BCUT2D eigenvalue weighted by Gasteiger charge is 2.30. The lowest BCUT2D eigenvalue weighted by Crippen LogP contribution is -2.30. The molecular weight excluding hydrogens is 115 g/mol. The molecule has 0 spiro atoms. The lowest BCUT2D eigenvalue weighted by atomic mass is 10.4. The van der Waals surface area contributed by atoms with Crippen molar-refractivity contribution in [1.29, 1.82) is 0 Å². The molecule has 0 saturated heterocycles. The number of rotatable bonds is 1. The van der Waals surface area contributed by atoms with E-state index in [0.29, 0.717) is 6.92 Å². The Kier molecular flexibility index (Phi) is 1.92. The summed E-state index contributed by atoms with van der Waals surface area (Å²) in [6.45, 7) is 0.707. The molecule has 0 radical (unpaired) electrons. The van der Waals surface area contributed by atoms with Crippen LogP contribution < -0.4 is 0 Å². The maximum absolute atomic E-state index is 11.9. The lowest BCUT2D eigenvalue weighted by molar-refractivity contribution is -0.179. The summed E-state index contributed by atoms with van der Waals surface area (Å²) in [4.78, 5) is 9.99. The number of hydrogen-bond donors (Lipinski definition) is 1. The highest BCUT2D eigenvalue weighted by Crippen LogP contribution is 2.04. The van der Waals surface area contributed by atoms with Gasteiger partial charge in [0, 0.05) is 6.92 Å². The number of carbonyl (C=O) groups is 1. The van der Waals surface area contributed by atoms with Crippen LogP contribution in [0.25, 0.3) is 0 Å². The first-order chi connectivity index (χ1) is 3.48. The van der Waals surface area contributed by atoms with Crippen LogP contribution in [0, 0.1) is 0 Å². The Bertz CT molecular complexity index is 93.9. The van der Waals surface area contributed by atoms with Crippen LogP contribution in [0.4, 0.5) is 4.39 Å². The molecule has 0 aliphatic heterocycles. The van der Waals surface area contributed by atoms with E-state index < -0.39 is 11.8 Å². The summed E-state index contributed by atoms with van der Waals surface area (Å²) < 4.78 is 15.7. The molecule has 0 bridgehead atoms. The minimum Gasteiger partial charge on any atom is -0.465 e. The van der Waals surface area contributed by atoms with Crippen molar-refractivity contribution >= 4 is 5.97 Å². The third-order valence-electron chi connectivity index (χ3n) is 0.558. The van der Waals surface area contributed by atoms with Crippen LogP contribution in [0.2, 0.25) is 0 Å². The zero-order chi connectivity index (χ0) is 6.78. The third-order valence-corrected chi connectivity index (χ3v) is 0.558. The summed E-state index contributed by atoms with van der Waals surface area (Å²) in [7, 11) is 0.996. The van der Waals surface area contributed by atoms with Crippen molar-refractivity contribution in [3.63, 3.8) is 0 Å². The van der Waals surface area contributed by atoms with E-state index in [1.54, 1.807) is 0 Å². The molecule has 3 nitrogen and oxygen atoms in total. The Hall–Kier alpha value is -0.640. The maximum Gasteiger partial charge on any atom is 0.371 e. The van der Waals surface area contributed by atoms with Gasteiger partial charge in [0.2, 0.25) is 0 Å². The van der Waals surface area contributed by atoms with Crippen LogP contribution in [-0.4, -0.2) is 24.0 Å². The number of methoxy groups -OCH3 is 1. The normalized spacial score (nSPS) is 17.0. The molecule has 1 unspecified atom stereocenters. The molecule has 8 heavy (non-hydrogen) atoms. The summed E-state index contributed by atoms with van der Waals surface area (Å²) in [5.41, 5.74) is 0. The van der Waals surface area contributed by atoms with E-state index in [-0.39, 0.29) is 0 Å². The quantitative estimate of drug-likeness (QED) is 0.491. The van der Waals surface area contributed by atoms with Gasteiger partial charge in [-0.15, -0.1) is 0 Å². The van der Waals surface area contributed by atoms with Gasteiger partial charge in [-0.25, -0.2) is 4.79 Å². The van der Waals surface area contributed by atoms with Crippen molar-refractivity contribution in [2.45, 2.75) is 12.8 Å². The second-order valence-corrected chi connectivity index (χ2v) is 1.44. The molecule has 0 aliphatic carbocycles. The molecule has 0 fully saturated rings.